The predicted octanol–water partition coefficient (Wildman–Crippen LogP) is 2.96. The number of carbonyl (C=O) groups excluding carboxylic acids is 1. The zero-order chi connectivity index (χ0) is 21.5. The Morgan fingerprint density at radius 1 is 1.00 bits per heavy atom. The minimum absolute atomic E-state index is 0.215. The topological polar surface area (TPSA) is 91.7 Å². The molecule has 0 fully saturated rings. The third kappa shape index (κ3) is 4.96. The van der Waals surface area contributed by atoms with Gasteiger partial charge < -0.3 is 19.5 Å². The van der Waals surface area contributed by atoms with Gasteiger partial charge >= 0.3 is 0 Å². The zero-order valence-corrected chi connectivity index (χ0v) is 17.0. The highest BCUT2D eigenvalue weighted by atomic mass is 16.5. The molecule has 0 atom stereocenters. The normalized spacial score (nSPS) is 10.4. The van der Waals surface area contributed by atoms with Gasteiger partial charge in [-0.1, -0.05) is 0 Å². The fourth-order valence-corrected chi connectivity index (χ4v) is 2.85. The van der Waals surface area contributed by atoms with E-state index in [0.29, 0.717) is 29.5 Å². The number of hydrogen-bond donors (Lipinski definition) is 1. The second-order valence-electron chi connectivity index (χ2n) is 6.29. The van der Waals surface area contributed by atoms with E-state index in [2.05, 4.69) is 10.4 Å². The molecule has 3 aromatic rings. The van der Waals surface area contributed by atoms with Gasteiger partial charge in [-0.3, -0.25) is 9.59 Å². The lowest BCUT2D eigenvalue weighted by molar-refractivity contribution is -0.117. The van der Waals surface area contributed by atoms with Gasteiger partial charge in [0.15, 0.2) is 11.5 Å². The van der Waals surface area contributed by atoms with Crippen LogP contribution in [0.25, 0.3) is 11.3 Å². The fourth-order valence-electron chi connectivity index (χ4n) is 2.85. The summed E-state index contributed by atoms with van der Waals surface area (Å²) in [6.45, 7) is 2.25. The average Bonchev–Trinajstić information content (AvgIpc) is 2.76. The van der Waals surface area contributed by atoms with Crippen molar-refractivity contribution in [3.8, 4) is 28.5 Å². The Morgan fingerprint density at radius 2 is 1.73 bits per heavy atom. The van der Waals surface area contributed by atoms with Crippen LogP contribution < -0.4 is 25.1 Å². The molecule has 0 aliphatic carbocycles. The van der Waals surface area contributed by atoms with E-state index in [1.807, 2.05) is 6.92 Å². The third-order valence-electron chi connectivity index (χ3n) is 4.29. The number of nitrogens with zero attached hydrogens (tertiary/aromatic N) is 2. The maximum absolute atomic E-state index is 12.4. The summed E-state index contributed by atoms with van der Waals surface area (Å²) in [5.74, 6) is 1.49. The van der Waals surface area contributed by atoms with Gasteiger partial charge in [-0.25, -0.2) is 4.68 Å². The van der Waals surface area contributed by atoms with Crippen molar-refractivity contribution >= 4 is 11.6 Å². The molecule has 1 amide bonds. The Bertz CT molecular complexity index is 1080. The van der Waals surface area contributed by atoms with Crippen molar-refractivity contribution in [1.29, 1.82) is 0 Å². The zero-order valence-electron chi connectivity index (χ0n) is 17.0. The number of methoxy groups -OCH3 is 2. The van der Waals surface area contributed by atoms with Crippen molar-refractivity contribution in [3.05, 3.63) is 65.0 Å². The molecule has 2 aromatic carbocycles. The number of anilines is 1. The molecule has 0 saturated heterocycles. The van der Waals surface area contributed by atoms with Crippen molar-refractivity contribution in [3.63, 3.8) is 0 Å². The summed E-state index contributed by atoms with van der Waals surface area (Å²) in [6, 6.07) is 15.3. The van der Waals surface area contributed by atoms with Crippen LogP contribution in [0.5, 0.6) is 17.2 Å². The average molecular weight is 409 g/mol. The maximum atomic E-state index is 12.4. The number of hydrogen-bond acceptors (Lipinski definition) is 6. The molecule has 1 N–H and O–H groups in total. The Morgan fingerprint density at radius 3 is 2.40 bits per heavy atom. The summed E-state index contributed by atoms with van der Waals surface area (Å²) in [5, 5.41) is 7.07. The van der Waals surface area contributed by atoms with Crippen molar-refractivity contribution in [1.82, 2.24) is 9.78 Å². The molecule has 0 bridgehead atoms. The van der Waals surface area contributed by atoms with Crippen molar-refractivity contribution in [2.45, 2.75) is 13.5 Å². The van der Waals surface area contributed by atoms with Gasteiger partial charge in [0, 0.05) is 17.3 Å². The van der Waals surface area contributed by atoms with Crippen LogP contribution in [-0.2, 0) is 11.3 Å². The number of nitrogens with one attached hydrogen (secondary N) is 1. The van der Waals surface area contributed by atoms with Crippen LogP contribution in [0.4, 0.5) is 5.69 Å². The van der Waals surface area contributed by atoms with E-state index in [4.69, 9.17) is 14.2 Å². The minimum Gasteiger partial charge on any atom is -0.494 e. The monoisotopic (exact) mass is 409 g/mol. The van der Waals surface area contributed by atoms with Crippen LogP contribution in [0.2, 0.25) is 0 Å². The molecule has 8 heteroatoms. The Kier molecular flexibility index (Phi) is 6.69. The SMILES string of the molecule is CCOc1ccc(NC(=O)Cn2nc(-c3ccc(OC)c(OC)c3)ccc2=O)cc1. The fraction of sp³-hybridized carbons (Fsp3) is 0.227. The van der Waals surface area contributed by atoms with Crippen LogP contribution >= 0.6 is 0 Å². The Hall–Kier alpha value is -3.81. The predicted molar refractivity (Wildman–Crippen MR) is 113 cm³/mol. The lowest BCUT2D eigenvalue weighted by Crippen LogP contribution is -2.29. The summed E-state index contributed by atoms with van der Waals surface area (Å²) < 4.78 is 17.1. The maximum Gasteiger partial charge on any atom is 0.267 e. The third-order valence-corrected chi connectivity index (χ3v) is 4.29. The summed E-state index contributed by atoms with van der Waals surface area (Å²) in [6.07, 6.45) is 0. The molecule has 0 radical (unpaired) electrons. The number of aromatic nitrogens is 2. The molecule has 30 heavy (non-hydrogen) atoms. The largest absolute Gasteiger partial charge is 0.494 e. The molecule has 0 saturated carbocycles. The number of benzene rings is 2. The van der Waals surface area contributed by atoms with Crippen LogP contribution in [0.1, 0.15) is 6.92 Å². The summed E-state index contributed by atoms with van der Waals surface area (Å²) in [7, 11) is 3.10. The highest BCUT2D eigenvalue weighted by Crippen LogP contribution is 2.31. The molecular weight excluding hydrogens is 386 g/mol. The quantitative estimate of drug-likeness (QED) is 0.615. The number of ether oxygens (including phenoxy) is 3. The smallest absolute Gasteiger partial charge is 0.267 e. The molecule has 1 aromatic heterocycles. The highest BCUT2D eigenvalue weighted by molar-refractivity contribution is 5.90. The summed E-state index contributed by atoms with van der Waals surface area (Å²) in [5.41, 5.74) is 1.49. The van der Waals surface area contributed by atoms with Gasteiger partial charge in [-0.15, -0.1) is 0 Å². The van der Waals surface area contributed by atoms with Crippen LogP contribution in [0.3, 0.4) is 0 Å². The van der Waals surface area contributed by atoms with Crippen LogP contribution in [-0.4, -0.2) is 36.5 Å². The molecular formula is C22H23N3O5. The number of rotatable bonds is 8. The van der Waals surface area contributed by atoms with Crippen molar-refractivity contribution in [2.24, 2.45) is 0 Å². The van der Waals surface area contributed by atoms with E-state index >= 15 is 0 Å². The van der Waals surface area contributed by atoms with Gasteiger partial charge in [0.05, 0.1) is 26.5 Å². The minimum atomic E-state index is -0.374. The first-order chi connectivity index (χ1) is 14.5. The molecule has 0 spiro atoms. The summed E-state index contributed by atoms with van der Waals surface area (Å²) in [4.78, 5) is 24.6. The highest BCUT2D eigenvalue weighted by Gasteiger charge is 2.11. The first-order valence-corrected chi connectivity index (χ1v) is 9.37. The van der Waals surface area contributed by atoms with Crippen molar-refractivity contribution < 1.29 is 19.0 Å². The van der Waals surface area contributed by atoms with Crippen molar-refractivity contribution in [2.75, 3.05) is 26.1 Å². The van der Waals surface area contributed by atoms with E-state index in [0.717, 1.165) is 16.0 Å². The molecule has 0 unspecified atom stereocenters. The lowest BCUT2D eigenvalue weighted by atomic mass is 10.1. The van der Waals surface area contributed by atoms with E-state index < -0.39 is 0 Å². The molecule has 0 aliphatic rings. The first-order valence-electron chi connectivity index (χ1n) is 9.37. The second-order valence-corrected chi connectivity index (χ2v) is 6.29. The summed E-state index contributed by atoms with van der Waals surface area (Å²) >= 11 is 0. The van der Waals surface area contributed by atoms with Gasteiger partial charge in [-0.05, 0) is 55.5 Å². The van der Waals surface area contributed by atoms with E-state index in [-0.39, 0.29) is 18.0 Å². The Labute approximate surface area is 174 Å². The molecule has 156 valence electrons. The first kappa shape index (κ1) is 20.9. The second kappa shape index (κ2) is 9.60. The van der Waals surface area contributed by atoms with Gasteiger partial charge in [-0.2, -0.15) is 5.10 Å². The number of carbonyl (C=O) groups is 1. The van der Waals surface area contributed by atoms with Gasteiger partial charge in [0.1, 0.15) is 12.3 Å². The van der Waals surface area contributed by atoms with E-state index in [1.165, 1.54) is 6.07 Å². The molecule has 8 nitrogen and oxygen atoms in total. The molecule has 1 heterocycles. The number of amides is 1. The van der Waals surface area contributed by atoms with E-state index in [1.54, 1.807) is 62.8 Å². The van der Waals surface area contributed by atoms with Crippen LogP contribution in [0.15, 0.2) is 59.4 Å². The van der Waals surface area contributed by atoms with Gasteiger partial charge in [0.25, 0.3) is 5.56 Å². The standard InChI is InChI=1S/C22H23N3O5/c1-4-30-17-8-6-16(7-9-17)23-21(26)14-25-22(27)12-10-18(24-25)15-5-11-19(28-2)20(13-15)29-3/h5-13H,4,14H2,1-3H3,(H,23,26). The van der Waals surface area contributed by atoms with Gasteiger partial charge in [0.2, 0.25) is 5.91 Å². The lowest BCUT2D eigenvalue weighted by Gasteiger charge is -2.11. The van der Waals surface area contributed by atoms with Crippen LogP contribution in [0, 0.1) is 0 Å². The molecule has 3 rings (SSSR count). The Balaban J connectivity index is 1.77. The molecule has 0 aliphatic heterocycles. The van der Waals surface area contributed by atoms with E-state index in [9.17, 15) is 9.59 Å².